The summed E-state index contributed by atoms with van der Waals surface area (Å²) in [7, 11) is 0. The average Bonchev–Trinajstić information content (AvgIpc) is 3.19. The molecule has 0 radical (unpaired) electrons. The van der Waals surface area contributed by atoms with Crippen molar-refractivity contribution in [2.45, 2.75) is 19.6 Å². The molecule has 2 fully saturated rings. The van der Waals surface area contributed by atoms with E-state index in [-0.39, 0.29) is 18.9 Å². The van der Waals surface area contributed by atoms with Crippen LogP contribution in [-0.2, 0) is 9.53 Å². The van der Waals surface area contributed by atoms with Crippen LogP contribution in [0.1, 0.15) is 13.3 Å². The number of nitrogens with zero attached hydrogens (tertiary/aromatic N) is 5. The van der Waals surface area contributed by atoms with Crippen LogP contribution in [0.4, 0.5) is 20.7 Å². The van der Waals surface area contributed by atoms with E-state index < -0.39 is 18.1 Å². The Balaban J connectivity index is 1.45. The minimum Gasteiger partial charge on any atom is -0.423 e. The molecule has 2 aliphatic heterocycles. The van der Waals surface area contributed by atoms with Gasteiger partial charge in [-0.05, 0) is 30.3 Å². The molecule has 2 aromatic rings. The monoisotopic (exact) mass is 438 g/mol. The van der Waals surface area contributed by atoms with Crippen molar-refractivity contribution in [3.05, 3.63) is 42.3 Å². The number of aromatic nitrogens is 1. The van der Waals surface area contributed by atoms with Gasteiger partial charge in [-0.15, -0.1) is 0 Å². The predicted molar refractivity (Wildman–Crippen MR) is 115 cm³/mol. The molecule has 1 N–H and O–H groups in total. The molecule has 0 spiro atoms. The van der Waals surface area contributed by atoms with Crippen molar-refractivity contribution in [1.82, 2.24) is 15.2 Å². The zero-order valence-electron chi connectivity index (χ0n) is 17.6. The first-order valence-electron chi connectivity index (χ1n) is 10.4. The number of benzene rings is 1. The van der Waals surface area contributed by atoms with Crippen molar-refractivity contribution in [1.29, 1.82) is 5.26 Å². The van der Waals surface area contributed by atoms with E-state index in [4.69, 9.17) is 10.00 Å². The number of piperazine rings is 1. The van der Waals surface area contributed by atoms with Crippen LogP contribution in [0.3, 0.4) is 0 Å². The Morgan fingerprint density at radius 1 is 1.28 bits per heavy atom. The van der Waals surface area contributed by atoms with E-state index in [1.165, 1.54) is 11.0 Å². The highest BCUT2D eigenvalue weighted by atomic mass is 19.1. The fourth-order valence-corrected chi connectivity index (χ4v) is 3.70. The van der Waals surface area contributed by atoms with Crippen molar-refractivity contribution in [3.8, 4) is 17.3 Å². The Morgan fingerprint density at radius 3 is 2.69 bits per heavy atom. The first-order valence-corrected chi connectivity index (χ1v) is 10.4. The van der Waals surface area contributed by atoms with Crippen LogP contribution in [0.2, 0.25) is 0 Å². The van der Waals surface area contributed by atoms with E-state index in [1.54, 1.807) is 36.2 Å². The summed E-state index contributed by atoms with van der Waals surface area (Å²) in [5, 5.41) is 11.6. The van der Waals surface area contributed by atoms with Gasteiger partial charge in [0, 0.05) is 49.9 Å². The maximum Gasteiger partial charge on any atom is 0.416 e. The molecule has 1 aromatic carbocycles. The molecule has 0 saturated carbocycles. The zero-order valence-corrected chi connectivity index (χ0v) is 17.6. The molecule has 2 saturated heterocycles. The molecule has 0 aliphatic carbocycles. The normalized spacial score (nSPS) is 18.3. The Hall–Kier alpha value is -3.87. The van der Waals surface area contributed by atoms with Crippen molar-refractivity contribution in [3.63, 3.8) is 0 Å². The predicted octanol–water partition coefficient (Wildman–Crippen LogP) is 2.30. The molecule has 9 nitrogen and oxygen atoms in total. The van der Waals surface area contributed by atoms with Gasteiger partial charge >= 0.3 is 6.09 Å². The number of hydrogen-bond donors (Lipinski definition) is 1. The number of hydrogen-bond acceptors (Lipinski definition) is 7. The molecule has 2 aliphatic rings. The van der Waals surface area contributed by atoms with Crippen LogP contribution in [-0.4, -0.2) is 60.8 Å². The van der Waals surface area contributed by atoms with E-state index in [2.05, 4.69) is 21.4 Å². The smallest absolute Gasteiger partial charge is 0.416 e. The maximum absolute atomic E-state index is 14.9. The second-order valence-corrected chi connectivity index (χ2v) is 7.55. The molecular weight excluding hydrogens is 415 g/mol. The number of anilines is 2. The minimum absolute atomic E-state index is 0.110. The van der Waals surface area contributed by atoms with E-state index >= 15 is 0 Å². The Bertz CT molecular complexity index is 1050. The standard InChI is InChI=1S/C22H23FN6O3/c1-2-20(30)26-21-13-29(22(31)32-21)16-4-5-17(18(23)11-16)15-3-6-19(25-12-15)28-9-7-27(14-24)8-10-28/h3-6,11-12,21H,2,7-10,13H2,1H3,(H,26,30). The van der Waals surface area contributed by atoms with Gasteiger partial charge in [-0.1, -0.05) is 6.92 Å². The summed E-state index contributed by atoms with van der Waals surface area (Å²) >= 11 is 0. The van der Waals surface area contributed by atoms with Gasteiger partial charge in [0.1, 0.15) is 11.6 Å². The third-order valence-electron chi connectivity index (χ3n) is 5.52. The van der Waals surface area contributed by atoms with E-state index in [9.17, 15) is 14.0 Å². The van der Waals surface area contributed by atoms with Gasteiger partial charge in [-0.3, -0.25) is 9.69 Å². The number of amides is 2. The SMILES string of the molecule is CCC(=O)NC1CN(c2ccc(-c3ccc(N4CCN(C#N)CC4)nc3)c(F)c2)C(=O)O1. The Labute approximate surface area is 185 Å². The van der Waals surface area contributed by atoms with Crippen LogP contribution >= 0.6 is 0 Å². The molecular formula is C22H23FN6O3. The Morgan fingerprint density at radius 2 is 2.06 bits per heavy atom. The van der Waals surface area contributed by atoms with Crippen molar-refractivity contribution < 1.29 is 18.7 Å². The van der Waals surface area contributed by atoms with Gasteiger partial charge in [0.2, 0.25) is 5.91 Å². The van der Waals surface area contributed by atoms with Crippen molar-refractivity contribution in [2.24, 2.45) is 0 Å². The highest BCUT2D eigenvalue weighted by Crippen LogP contribution is 2.29. The molecule has 166 valence electrons. The molecule has 0 bridgehead atoms. The van der Waals surface area contributed by atoms with Crippen LogP contribution in [0, 0.1) is 17.3 Å². The number of pyridine rings is 1. The summed E-state index contributed by atoms with van der Waals surface area (Å²) in [6, 6.07) is 8.15. The first-order chi connectivity index (χ1) is 15.5. The number of rotatable bonds is 5. The maximum atomic E-state index is 14.9. The number of halogens is 1. The summed E-state index contributed by atoms with van der Waals surface area (Å²) in [6.07, 6.45) is 2.64. The largest absolute Gasteiger partial charge is 0.423 e. The fourth-order valence-electron chi connectivity index (χ4n) is 3.70. The highest BCUT2D eigenvalue weighted by Gasteiger charge is 2.33. The van der Waals surface area contributed by atoms with Crippen molar-refractivity contribution in [2.75, 3.05) is 42.5 Å². The molecule has 32 heavy (non-hydrogen) atoms. The number of carbonyl (C=O) groups excluding carboxylic acids is 2. The van der Waals surface area contributed by atoms with Gasteiger partial charge in [0.15, 0.2) is 12.4 Å². The van der Waals surface area contributed by atoms with Crippen LogP contribution in [0.5, 0.6) is 0 Å². The summed E-state index contributed by atoms with van der Waals surface area (Å²) in [5.74, 6) is 0.0611. The number of ether oxygens (including phenoxy) is 1. The molecule has 2 amide bonds. The number of carbonyl (C=O) groups is 2. The first kappa shape index (κ1) is 21.4. The zero-order chi connectivity index (χ0) is 22.7. The lowest BCUT2D eigenvalue weighted by Gasteiger charge is -2.32. The lowest BCUT2D eigenvalue weighted by molar-refractivity contribution is -0.123. The minimum atomic E-state index is -0.760. The summed E-state index contributed by atoms with van der Waals surface area (Å²) < 4.78 is 20.0. The quantitative estimate of drug-likeness (QED) is 0.715. The van der Waals surface area contributed by atoms with Gasteiger partial charge in [-0.2, -0.15) is 5.26 Å². The topological polar surface area (TPSA) is 102 Å². The van der Waals surface area contributed by atoms with Gasteiger partial charge in [0.05, 0.1) is 12.2 Å². The summed E-state index contributed by atoms with van der Waals surface area (Å²) in [4.78, 5) is 33.2. The fraction of sp³-hybridized carbons (Fsp3) is 0.364. The van der Waals surface area contributed by atoms with E-state index in [0.717, 1.165) is 5.82 Å². The van der Waals surface area contributed by atoms with Gasteiger partial charge in [0.25, 0.3) is 0 Å². The number of nitrogens with one attached hydrogen (secondary N) is 1. The van der Waals surface area contributed by atoms with Gasteiger partial charge in [-0.25, -0.2) is 14.2 Å². The second-order valence-electron chi connectivity index (χ2n) is 7.55. The molecule has 10 heteroatoms. The van der Waals surface area contributed by atoms with Crippen LogP contribution < -0.4 is 15.1 Å². The van der Waals surface area contributed by atoms with Crippen LogP contribution in [0.25, 0.3) is 11.1 Å². The lowest BCUT2D eigenvalue weighted by atomic mass is 10.1. The van der Waals surface area contributed by atoms with Gasteiger partial charge < -0.3 is 19.9 Å². The molecule has 4 rings (SSSR count). The summed E-state index contributed by atoms with van der Waals surface area (Å²) in [5.41, 5.74) is 1.33. The second kappa shape index (κ2) is 9.09. The lowest BCUT2D eigenvalue weighted by Crippen LogP contribution is -2.44. The van der Waals surface area contributed by atoms with Crippen LogP contribution in [0.15, 0.2) is 36.5 Å². The summed E-state index contributed by atoms with van der Waals surface area (Å²) in [6.45, 7) is 4.52. The number of cyclic esters (lactones) is 1. The molecule has 1 aromatic heterocycles. The van der Waals surface area contributed by atoms with E-state index in [1.807, 2.05) is 6.07 Å². The molecule has 1 unspecified atom stereocenters. The third kappa shape index (κ3) is 4.42. The highest BCUT2D eigenvalue weighted by molar-refractivity contribution is 5.90. The Kier molecular flexibility index (Phi) is 6.07. The average molecular weight is 438 g/mol. The van der Waals surface area contributed by atoms with E-state index in [0.29, 0.717) is 43.0 Å². The number of nitriles is 1. The molecule has 1 atom stereocenters. The van der Waals surface area contributed by atoms with Crippen molar-refractivity contribution >= 4 is 23.5 Å². The third-order valence-corrected chi connectivity index (χ3v) is 5.52. The molecule has 3 heterocycles.